The quantitative estimate of drug-likeness (QED) is 0.560. The van der Waals surface area contributed by atoms with Crippen LogP contribution < -0.4 is 20.5 Å². The van der Waals surface area contributed by atoms with Crippen LogP contribution >= 0.6 is 12.4 Å². The van der Waals surface area contributed by atoms with E-state index in [1.165, 1.54) is 0 Å². The molecule has 6 nitrogen and oxygen atoms in total. The van der Waals surface area contributed by atoms with Crippen LogP contribution in [-0.4, -0.2) is 37.5 Å². The lowest BCUT2D eigenvalue weighted by Crippen LogP contribution is -2.42. The fraction of sp³-hybridized carbons (Fsp3) is 0.391. The van der Waals surface area contributed by atoms with Gasteiger partial charge in [0.2, 0.25) is 0 Å². The van der Waals surface area contributed by atoms with Crippen molar-refractivity contribution >= 4 is 24.1 Å². The van der Waals surface area contributed by atoms with Crippen molar-refractivity contribution in [2.75, 3.05) is 19.8 Å². The third-order valence-electron chi connectivity index (χ3n) is 4.98. The summed E-state index contributed by atoms with van der Waals surface area (Å²) in [5.41, 5.74) is 6.95. The second-order valence-corrected chi connectivity index (χ2v) is 7.06. The molecule has 0 bridgehead atoms. The van der Waals surface area contributed by atoms with E-state index in [-0.39, 0.29) is 30.1 Å². The van der Waals surface area contributed by atoms with Crippen LogP contribution in [-0.2, 0) is 0 Å². The van der Waals surface area contributed by atoms with Gasteiger partial charge in [-0.15, -0.1) is 12.4 Å². The van der Waals surface area contributed by atoms with E-state index in [4.69, 9.17) is 15.2 Å². The van der Waals surface area contributed by atoms with Crippen LogP contribution in [0.4, 0.5) is 0 Å². The van der Waals surface area contributed by atoms with Crippen molar-refractivity contribution in [2.24, 2.45) is 11.7 Å². The summed E-state index contributed by atoms with van der Waals surface area (Å²) < 4.78 is 11.2. The van der Waals surface area contributed by atoms with Crippen LogP contribution in [0.2, 0.25) is 0 Å². The molecule has 1 fully saturated rings. The van der Waals surface area contributed by atoms with Crippen LogP contribution in [0, 0.1) is 5.92 Å². The molecule has 0 aromatic heterocycles. The highest BCUT2D eigenvalue weighted by Crippen LogP contribution is 2.33. The van der Waals surface area contributed by atoms with E-state index >= 15 is 0 Å². The Labute approximate surface area is 183 Å². The molecule has 0 saturated heterocycles. The third kappa shape index (κ3) is 5.52. The third-order valence-corrected chi connectivity index (χ3v) is 4.98. The Bertz CT molecular complexity index is 883. The van der Waals surface area contributed by atoms with E-state index < -0.39 is 0 Å². The largest absolute Gasteiger partial charge is 0.490 e. The maximum absolute atomic E-state index is 13.2. The number of nitrogens with two attached hydrogens (primary N) is 1. The summed E-state index contributed by atoms with van der Waals surface area (Å²) in [7, 11) is 0. The van der Waals surface area contributed by atoms with Crippen LogP contribution in [0.3, 0.4) is 0 Å². The molecular weight excluding hydrogens is 404 g/mol. The Kier molecular flexibility index (Phi) is 8.69. The fourth-order valence-corrected chi connectivity index (χ4v) is 3.34. The lowest BCUT2D eigenvalue weighted by molar-refractivity contribution is 0.0923. The predicted octanol–water partition coefficient (Wildman–Crippen LogP) is 3.60. The maximum atomic E-state index is 13.2. The molecule has 2 aromatic rings. The second kappa shape index (κ2) is 11.0. The van der Waals surface area contributed by atoms with Gasteiger partial charge in [0.25, 0.3) is 5.91 Å². The number of nitrogens with one attached hydrogen (secondary N) is 1. The SMILES string of the molecule is CCOc1ccc(C(=O)c2ccccc2C(=O)NC(CN)C2CC2)cc1OCC.Cl. The number of hydrogen-bond donors (Lipinski definition) is 2. The zero-order valence-corrected chi connectivity index (χ0v) is 18.2. The van der Waals surface area contributed by atoms with Gasteiger partial charge in [0.1, 0.15) is 0 Å². The minimum absolute atomic E-state index is 0. The molecule has 2 aromatic carbocycles. The molecule has 1 atom stereocenters. The van der Waals surface area contributed by atoms with Crippen LogP contribution in [0.15, 0.2) is 42.5 Å². The molecule has 7 heteroatoms. The fourth-order valence-electron chi connectivity index (χ4n) is 3.34. The number of ether oxygens (including phenoxy) is 2. The van der Waals surface area contributed by atoms with Gasteiger partial charge in [-0.25, -0.2) is 0 Å². The summed E-state index contributed by atoms with van der Waals surface area (Å²) in [5, 5.41) is 2.99. The van der Waals surface area contributed by atoms with Crippen molar-refractivity contribution in [2.45, 2.75) is 32.7 Å². The molecule has 0 aliphatic heterocycles. The van der Waals surface area contributed by atoms with Gasteiger partial charge in [0.05, 0.1) is 18.8 Å². The topological polar surface area (TPSA) is 90.7 Å². The molecule has 0 radical (unpaired) electrons. The summed E-state index contributed by atoms with van der Waals surface area (Å²) in [6.45, 7) is 5.11. The zero-order valence-electron chi connectivity index (χ0n) is 17.4. The van der Waals surface area contributed by atoms with Gasteiger partial charge in [-0.3, -0.25) is 9.59 Å². The first-order valence-electron chi connectivity index (χ1n) is 10.1. The molecule has 1 aliphatic carbocycles. The molecule has 3 rings (SSSR count). The van der Waals surface area contributed by atoms with Crippen molar-refractivity contribution in [3.8, 4) is 11.5 Å². The Morgan fingerprint density at radius 3 is 2.27 bits per heavy atom. The summed E-state index contributed by atoms with van der Waals surface area (Å²) >= 11 is 0. The number of carbonyl (C=O) groups is 2. The molecule has 0 spiro atoms. The van der Waals surface area contributed by atoms with Gasteiger partial charge in [-0.05, 0) is 56.9 Å². The monoisotopic (exact) mass is 432 g/mol. The molecule has 1 unspecified atom stereocenters. The standard InChI is InChI=1S/C23H28N2O4.ClH/c1-3-28-20-12-11-16(13-21(20)29-4-2)22(26)17-7-5-6-8-18(17)23(27)25-19(14-24)15-9-10-15;/h5-8,11-13,15,19H,3-4,9-10,14,24H2,1-2H3,(H,25,27);1H. The van der Waals surface area contributed by atoms with Gasteiger partial charge in [-0.2, -0.15) is 0 Å². The Balaban J connectivity index is 0.00000320. The number of hydrogen-bond acceptors (Lipinski definition) is 5. The highest BCUT2D eigenvalue weighted by Gasteiger charge is 2.32. The molecule has 1 amide bonds. The van der Waals surface area contributed by atoms with Crippen molar-refractivity contribution in [3.63, 3.8) is 0 Å². The van der Waals surface area contributed by atoms with E-state index in [9.17, 15) is 9.59 Å². The molecular formula is C23H29ClN2O4. The van der Waals surface area contributed by atoms with E-state index in [1.807, 2.05) is 13.8 Å². The Morgan fingerprint density at radius 2 is 1.67 bits per heavy atom. The first kappa shape index (κ1) is 23.7. The molecule has 3 N–H and O–H groups in total. The Morgan fingerprint density at radius 1 is 1.03 bits per heavy atom. The van der Waals surface area contributed by atoms with Gasteiger partial charge < -0.3 is 20.5 Å². The van der Waals surface area contributed by atoms with Crippen LogP contribution in [0.5, 0.6) is 11.5 Å². The predicted molar refractivity (Wildman–Crippen MR) is 119 cm³/mol. The van der Waals surface area contributed by atoms with Gasteiger partial charge in [0, 0.05) is 23.7 Å². The number of benzene rings is 2. The van der Waals surface area contributed by atoms with Crippen molar-refractivity contribution in [1.82, 2.24) is 5.32 Å². The van der Waals surface area contributed by atoms with Gasteiger partial charge in [-0.1, -0.05) is 18.2 Å². The van der Waals surface area contributed by atoms with E-state index in [1.54, 1.807) is 42.5 Å². The summed E-state index contributed by atoms with van der Waals surface area (Å²) in [6.07, 6.45) is 2.16. The molecule has 1 aliphatic rings. The van der Waals surface area contributed by atoms with E-state index in [0.717, 1.165) is 12.8 Å². The minimum atomic E-state index is -0.271. The average molecular weight is 433 g/mol. The summed E-state index contributed by atoms with van der Waals surface area (Å²) in [5.74, 6) is 1.03. The Hall–Kier alpha value is -2.57. The van der Waals surface area contributed by atoms with Gasteiger partial charge in [0.15, 0.2) is 17.3 Å². The molecule has 162 valence electrons. The first-order valence-corrected chi connectivity index (χ1v) is 10.1. The summed E-state index contributed by atoms with van der Waals surface area (Å²) in [6, 6.07) is 11.9. The van der Waals surface area contributed by atoms with E-state index in [2.05, 4.69) is 5.32 Å². The lowest BCUT2D eigenvalue weighted by Gasteiger charge is -2.17. The van der Waals surface area contributed by atoms with Crippen LogP contribution in [0.1, 0.15) is 53.0 Å². The van der Waals surface area contributed by atoms with Crippen molar-refractivity contribution < 1.29 is 19.1 Å². The van der Waals surface area contributed by atoms with Crippen molar-refractivity contribution in [1.29, 1.82) is 0 Å². The number of ketones is 1. The molecule has 1 saturated carbocycles. The number of halogens is 1. The highest BCUT2D eigenvalue weighted by atomic mass is 35.5. The van der Waals surface area contributed by atoms with E-state index in [0.29, 0.717) is 53.9 Å². The second-order valence-electron chi connectivity index (χ2n) is 7.06. The smallest absolute Gasteiger partial charge is 0.252 e. The number of rotatable bonds is 10. The first-order chi connectivity index (χ1) is 14.1. The summed E-state index contributed by atoms with van der Waals surface area (Å²) in [4.78, 5) is 26.0. The minimum Gasteiger partial charge on any atom is -0.490 e. The van der Waals surface area contributed by atoms with Gasteiger partial charge >= 0.3 is 0 Å². The van der Waals surface area contributed by atoms with Crippen molar-refractivity contribution in [3.05, 3.63) is 59.2 Å². The lowest BCUT2D eigenvalue weighted by atomic mass is 9.97. The maximum Gasteiger partial charge on any atom is 0.252 e. The van der Waals surface area contributed by atoms with Crippen LogP contribution in [0.25, 0.3) is 0 Å². The highest BCUT2D eigenvalue weighted by molar-refractivity contribution is 6.15. The number of carbonyl (C=O) groups excluding carboxylic acids is 2. The zero-order chi connectivity index (χ0) is 20.8. The molecule has 0 heterocycles. The number of amides is 1. The average Bonchev–Trinajstić information content (AvgIpc) is 3.58. The molecule has 30 heavy (non-hydrogen) atoms. The normalized spacial score (nSPS) is 13.7.